The van der Waals surface area contributed by atoms with Gasteiger partial charge < -0.3 is 30.7 Å². The van der Waals surface area contributed by atoms with E-state index in [9.17, 15) is 9.59 Å². The number of carbonyl (C=O) groups excluding carboxylic acids is 2. The van der Waals surface area contributed by atoms with Crippen molar-refractivity contribution in [3.63, 3.8) is 0 Å². The summed E-state index contributed by atoms with van der Waals surface area (Å²) in [5, 5.41) is 6.77. The highest BCUT2D eigenvalue weighted by molar-refractivity contribution is 6.30. The van der Waals surface area contributed by atoms with E-state index in [4.69, 9.17) is 26.8 Å². The molecule has 2 unspecified atom stereocenters. The molecule has 0 radical (unpaired) electrons. The number of piperidine rings is 1. The minimum absolute atomic E-state index is 0.191. The van der Waals surface area contributed by atoms with E-state index in [-0.39, 0.29) is 12.0 Å². The molecule has 10 heteroatoms. The molecule has 3 fully saturated rings. The summed E-state index contributed by atoms with van der Waals surface area (Å²) in [6.07, 6.45) is 19.7. The molecule has 3 aliphatic carbocycles. The number of allylic oxidation sites excluding steroid dienone is 4. The first-order valence-corrected chi connectivity index (χ1v) is 16.5. The first kappa shape index (κ1) is 32.7. The molecular formula is C35H46ClN5O4. The van der Waals surface area contributed by atoms with E-state index in [2.05, 4.69) is 33.8 Å². The van der Waals surface area contributed by atoms with Crippen LogP contribution in [-0.2, 0) is 9.47 Å². The lowest BCUT2D eigenvalue weighted by molar-refractivity contribution is 0.0814. The Bertz CT molecular complexity index is 1370. The van der Waals surface area contributed by atoms with E-state index in [0.717, 1.165) is 61.7 Å². The van der Waals surface area contributed by atoms with Crippen LogP contribution in [-0.4, -0.2) is 61.8 Å². The number of alkyl carbamates (subject to hydrolysis) is 1. The number of ether oxygens (including phenoxy) is 2. The smallest absolute Gasteiger partial charge is 0.409 e. The van der Waals surface area contributed by atoms with Gasteiger partial charge in [-0.1, -0.05) is 41.5 Å². The highest BCUT2D eigenvalue weighted by atomic mass is 35.5. The molecule has 242 valence electrons. The van der Waals surface area contributed by atoms with Crippen molar-refractivity contribution in [2.75, 3.05) is 26.7 Å². The molecular weight excluding hydrogens is 590 g/mol. The zero-order chi connectivity index (χ0) is 31.8. The van der Waals surface area contributed by atoms with Crippen LogP contribution in [0.25, 0.3) is 5.57 Å². The Morgan fingerprint density at radius 2 is 2.00 bits per heavy atom. The van der Waals surface area contributed by atoms with Gasteiger partial charge in [0.25, 0.3) is 0 Å². The van der Waals surface area contributed by atoms with Crippen LogP contribution in [0, 0.1) is 11.8 Å². The summed E-state index contributed by atoms with van der Waals surface area (Å²) in [5.74, 6) is 1.09. The fourth-order valence-corrected chi connectivity index (χ4v) is 6.30. The van der Waals surface area contributed by atoms with Gasteiger partial charge in [0.1, 0.15) is 5.60 Å². The summed E-state index contributed by atoms with van der Waals surface area (Å²) in [5.41, 5.74) is 9.52. The standard InChI is InChI=1S/C35H46ClN5O4/c1-35(13-14-35)45-33(42)40-32(10-16-39-23-38-2)31-20-25(5-3-4-15-37)19-29(28-9-8-27(36)21-30(28)31)26-11-17-41(18-12-26)34(43)44-22-24-6-7-24/h4-5,8-10,15-16,20-21,23-24,26,29,32H,3,6-7,11-14,17-19,22,37H2,1-2H3,(H,38,39)(H,40,42)/b15-4-,16-10+,25-5+. The lowest BCUT2D eigenvalue weighted by Gasteiger charge is -2.36. The molecule has 4 N–H and O–H groups in total. The van der Waals surface area contributed by atoms with E-state index in [1.165, 1.54) is 5.56 Å². The van der Waals surface area contributed by atoms with Gasteiger partial charge in [-0.05, 0) is 117 Å². The predicted octanol–water partition coefficient (Wildman–Crippen LogP) is 6.67. The maximum Gasteiger partial charge on any atom is 0.409 e. The molecule has 1 aliphatic heterocycles. The van der Waals surface area contributed by atoms with E-state index in [0.29, 0.717) is 43.0 Å². The van der Waals surface area contributed by atoms with E-state index in [1.54, 1.807) is 25.8 Å². The molecule has 1 aromatic carbocycles. The summed E-state index contributed by atoms with van der Waals surface area (Å²) in [6, 6.07) is 5.56. The number of benzene rings is 1. The van der Waals surface area contributed by atoms with Gasteiger partial charge in [0.2, 0.25) is 0 Å². The third-order valence-corrected chi connectivity index (χ3v) is 9.41. The highest BCUT2D eigenvalue weighted by Crippen LogP contribution is 2.45. The molecule has 1 saturated heterocycles. The fraction of sp³-hybridized carbons (Fsp3) is 0.514. The van der Waals surface area contributed by atoms with Crippen molar-refractivity contribution in [1.29, 1.82) is 0 Å². The van der Waals surface area contributed by atoms with Crippen LogP contribution in [0.15, 0.2) is 65.5 Å². The Hall–Kier alpha value is -3.72. The number of hydrogen-bond donors (Lipinski definition) is 3. The van der Waals surface area contributed by atoms with Gasteiger partial charge in [-0.15, -0.1) is 0 Å². The molecule has 0 aromatic heterocycles. The van der Waals surface area contributed by atoms with Gasteiger partial charge in [0.05, 0.1) is 19.0 Å². The van der Waals surface area contributed by atoms with E-state index in [1.807, 2.05) is 36.1 Å². The average molecular weight is 636 g/mol. The first-order valence-electron chi connectivity index (χ1n) is 16.1. The number of nitrogens with one attached hydrogen (secondary N) is 2. The average Bonchev–Trinajstić information content (AvgIpc) is 3.97. The minimum Gasteiger partial charge on any atom is -0.449 e. The van der Waals surface area contributed by atoms with Crippen LogP contribution in [0.5, 0.6) is 0 Å². The van der Waals surface area contributed by atoms with Crippen molar-refractivity contribution in [1.82, 2.24) is 15.5 Å². The number of nitrogens with zero attached hydrogens (tertiary/aromatic N) is 2. The SMILES string of the molecule is CN=CN/C=C/C(NC(=O)OC1(C)CC1)C1=C/C(=C/C/C=C\N)CC(C2CCN(C(=O)OCC3CC3)CC2)c2ccc(Cl)cc21. The molecule has 45 heavy (non-hydrogen) atoms. The van der Waals surface area contributed by atoms with Crippen LogP contribution >= 0.6 is 11.6 Å². The number of rotatable bonds is 11. The second-order valence-electron chi connectivity index (χ2n) is 12.8. The molecule has 0 bridgehead atoms. The number of carbonyl (C=O) groups is 2. The molecule has 0 spiro atoms. The molecule has 2 saturated carbocycles. The zero-order valence-corrected chi connectivity index (χ0v) is 27.1. The molecule has 2 atom stereocenters. The molecule has 1 heterocycles. The van der Waals surface area contributed by atoms with Crippen LogP contribution < -0.4 is 16.4 Å². The fourth-order valence-electron chi connectivity index (χ4n) is 6.13. The summed E-state index contributed by atoms with van der Waals surface area (Å²) in [7, 11) is 1.69. The number of amides is 2. The van der Waals surface area contributed by atoms with Crippen molar-refractivity contribution in [3.8, 4) is 0 Å². The van der Waals surface area contributed by atoms with Crippen molar-refractivity contribution >= 4 is 35.7 Å². The van der Waals surface area contributed by atoms with Crippen molar-refractivity contribution in [2.24, 2.45) is 22.6 Å². The van der Waals surface area contributed by atoms with Crippen LogP contribution in [0.4, 0.5) is 9.59 Å². The zero-order valence-electron chi connectivity index (χ0n) is 26.3. The lowest BCUT2D eigenvalue weighted by Crippen LogP contribution is -2.40. The number of likely N-dealkylation sites (tertiary alicyclic amines) is 1. The largest absolute Gasteiger partial charge is 0.449 e. The minimum atomic E-state index is -0.509. The van der Waals surface area contributed by atoms with Crippen LogP contribution in [0.2, 0.25) is 5.02 Å². The topological polar surface area (TPSA) is 118 Å². The summed E-state index contributed by atoms with van der Waals surface area (Å²) < 4.78 is 11.3. The summed E-state index contributed by atoms with van der Waals surface area (Å²) in [6.45, 7) is 3.83. The monoisotopic (exact) mass is 635 g/mol. The third kappa shape index (κ3) is 9.16. The van der Waals surface area contributed by atoms with Gasteiger partial charge in [-0.25, -0.2) is 9.59 Å². The highest BCUT2D eigenvalue weighted by Gasteiger charge is 2.42. The maximum atomic E-state index is 13.1. The molecule has 4 aliphatic rings. The van der Waals surface area contributed by atoms with E-state index < -0.39 is 17.7 Å². The maximum absolute atomic E-state index is 13.1. The Morgan fingerprint density at radius 3 is 2.69 bits per heavy atom. The van der Waals surface area contributed by atoms with Crippen molar-refractivity contribution < 1.29 is 19.1 Å². The normalized spacial score (nSPS) is 23.1. The first-order chi connectivity index (χ1) is 21.8. The third-order valence-electron chi connectivity index (χ3n) is 9.17. The quantitative estimate of drug-likeness (QED) is 0.185. The van der Waals surface area contributed by atoms with Gasteiger partial charge in [0.15, 0.2) is 0 Å². The number of nitrogens with two attached hydrogens (primary N) is 1. The Labute approximate surface area is 271 Å². The number of halogens is 1. The number of aliphatic imine (C=N–C) groups is 1. The van der Waals surface area contributed by atoms with Crippen LogP contribution in [0.3, 0.4) is 0 Å². The van der Waals surface area contributed by atoms with Crippen molar-refractivity contribution in [2.45, 2.75) is 75.9 Å². The second-order valence-corrected chi connectivity index (χ2v) is 13.2. The van der Waals surface area contributed by atoms with E-state index >= 15 is 0 Å². The Balaban J connectivity index is 1.45. The molecule has 5 rings (SSSR count). The molecule has 9 nitrogen and oxygen atoms in total. The predicted molar refractivity (Wildman–Crippen MR) is 179 cm³/mol. The van der Waals surface area contributed by atoms with Crippen LogP contribution in [0.1, 0.15) is 75.3 Å². The summed E-state index contributed by atoms with van der Waals surface area (Å²) >= 11 is 6.65. The molecule has 2 amide bonds. The number of hydrogen-bond acceptors (Lipinski definition) is 6. The number of fused-ring (bicyclic) bond motifs is 1. The van der Waals surface area contributed by atoms with Gasteiger partial charge in [-0.3, -0.25) is 4.99 Å². The summed E-state index contributed by atoms with van der Waals surface area (Å²) in [4.78, 5) is 31.7. The van der Waals surface area contributed by atoms with Gasteiger partial charge in [0, 0.05) is 31.4 Å². The van der Waals surface area contributed by atoms with Crippen molar-refractivity contribution in [3.05, 3.63) is 76.6 Å². The second kappa shape index (κ2) is 15.0. The Kier molecular flexibility index (Phi) is 10.9. The van der Waals surface area contributed by atoms with Gasteiger partial charge in [-0.2, -0.15) is 0 Å². The molecule has 1 aromatic rings. The van der Waals surface area contributed by atoms with Gasteiger partial charge >= 0.3 is 12.2 Å². The lowest BCUT2D eigenvalue weighted by atomic mass is 9.76. The Morgan fingerprint density at radius 1 is 1.22 bits per heavy atom.